The number of pyridine rings is 1. The normalized spacial score (nSPS) is 12.0. The summed E-state index contributed by atoms with van der Waals surface area (Å²) in [5.74, 6) is -1.02. The Kier molecular flexibility index (Phi) is 5.29. The van der Waals surface area contributed by atoms with Gasteiger partial charge in [-0.15, -0.1) is 5.10 Å². The largest absolute Gasteiger partial charge is 0.479 e. The molecule has 0 unspecified atom stereocenters. The number of ether oxygens (including phenoxy) is 2. The molecule has 10 heteroatoms. The van der Waals surface area contributed by atoms with Gasteiger partial charge in [-0.2, -0.15) is 0 Å². The van der Waals surface area contributed by atoms with Crippen LogP contribution in [-0.2, 0) is 0 Å². The fourth-order valence-electron chi connectivity index (χ4n) is 2.01. The van der Waals surface area contributed by atoms with E-state index in [-0.39, 0.29) is 48.0 Å². The van der Waals surface area contributed by atoms with Crippen LogP contribution in [0.2, 0.25) is 0 Å². The van der Waals surface area contributed by atoms with Gasteiger partial charge in [0.1, 0.15) is 17.2 Å². The van der Waals surface area contributed by atoms with E-state index in [1.165, 1.54) is 14.0 Å². The van der Waals surface area contributed by atoms with Gasteiger partial charge in [0, 0.05) is 18.6 Å². The van der Waals surface area contributed by atoms with E-state index in [1.54, 1.807) is 6.92 Å². The first kappa shape index (κ1) is 17.6. The van der Waals surface area contributed by atoms with Crippen molar-refractivity contribution in [2.24, 2.45) is 5.92 Å². The SMILES string of the molecule is COc1ncc(F)cc1-n1nc(OC[C@@H](C)CO)c([N+](=O)[O-])c1C. The lowest BCUT2D eigenvalue weighted by Crippen LogP contribution is -2.13. The summed E-state index contributed by atoms with van der Waals surface area (Å²) in [7, 11) is 1.34. The van der Waals surface area contributed by atoms with Crippen LogP contribution in [-0.4, -0.2) is 45.1 Å². The lowest BCUT2D eigenvalue weighted by Gasteiger charge is -2.08. The van der Waals surface area contributed by atoms with Crippen LogP contribution < -0.4 is 9.47 Å². The lowest BCUT2D eigenvalue weighted by molar-refractivity contribution is -0.386. The number of nitro groups is 1. The Morgan fingerprint density at radius 3 is 2.79 bits per heavy atom. The molecule has 0 saturated carbocycles. The molecule has 24 heavy (non-hydrogen) atoms. The Morgan fingerprint density at radius 1 is 1.50 bits per heavy atom. The maximum atomic E-state index is 13.5. The molecule has 2 heterocycles. The molecule has 2 aromatic heterocycles. The molecule has 0 aliphatic rings. The van der Waals surface area contributed by atoms with E-state index < -0.39 is 10.7 Å². The van der Waals surface area contributed by atoms with Crippen LogP contribution in [0, 0.1) is 28.8 Å². The summed E-state index contributed by atoms with van der Waals surface area (Å²) >= 11 is 0. The highest BCUT2D eigenvalue weighted by atomic mass is 19.1. The van der Waals surface area contributed by atoms with E-state index in [2.05, 4.69) is 10.1 Å². The molecular formula is C14H17FN4O5. The van der Waals surface area contributed by atoms with Crippen molar-refractivity contribution >= 4 is 5.69 Å². The standard InChI is InChI=1S/C14H17FN4O5/c1-8(6-20)7-24-14-12(19(21)22)9(2)18(17-14)11-4-10(15)5-16-13(11)23-3/h4-5,8,20H,6-7H2,1-3H3/t8-/m0/s1. The molecule has 130 valence electrons. The van der Waals surface area contributed by atoms with Gasteiger partial charge >= 0.3 is 11.6 Å². The van der Waals surface area contributed by atoms with Crippen molar-refractivity contribution in [2.75, 3.05) is 20.3 Å². The monoisotopic (exact) mass is 340 g/mol. The molecule has 2 aromatic rings. The van der Waals surface area contributed by atoms with Crippen LogP contribution in [0.25, 0.3) is 5.69 Å². The van der Waals surface area contributed by atoms with Crippen molar-refractivity contribution < 1.29 is 23.9 Å². The third-order valence-corrected chi connectivity index (χ3v) is 3.27. The summed E-state index contributed by atoms with van der Waals surface area (Å²) in [5.41, 5.74) is -0.0908. The number of hydrogen-bond acceptors (Lipinski definition) is 7. The van der Waals surface area contributed by atoms with Gasteiger partial charge in [-0.25, -0.2) is 14.1 Å². The highest BCUT2D eigenvalue weighted by Gasteiger charge is 2.29. The molecule has 0 aliphatic heterocycles. The zero-order valence-corrected chi connectivity index (χ0v) is 13.4. The summed E-state index contributed by atoms with van der Waals surface area (Å²) in [4.78, 5) is 14.5. The van der Waals surface area contributed by atoms with E-state index in [1.807, 2.05) is 0 Å². The van der Waals surface area contributed by atoms with E-state index in [0.717, 1.165) is 16.9 Å². The average molecular weight is 340 g/mol. The average Bonchev–Trinajstić information content (AvgIpc) is 2.89. The predicted molar refractivity (Wildman–Crippen MR) is 81.0 cm³/mol. The number of methoxy groups -OCH3 is 1. The second-order valence-corrected chi connectivity index (χ2v) is 5.19. The predicted octanol–water partition coefficient (Wildman–Crippen LogP) is 1.64. The minimum atomic E-state index is -0.639. The third kappa shape index (κ3) is 3.43. The number of hydrogen-bond donors (Lipinski definition) is 1. The first-order valence-electron chi connectivity index (χ1n) is 7.06. The van der Waals surface area contributed by atoms with Crippen LogP contribution in [0.3, 0.4) is 0 Å². The van der Waals surface area contributed by atoms with Gasteiger partial charge < -0.3 is 14.6 Å². The van der Waals surface area contributed by atoms with E-state index in [4.69, 9.17) is 14.6 Å². The summed E-state index contributed by atoms with van der Waals surface area (Å²) in [6, 6.07) is 1.11. The van der Waals surface area contributed by atoms with Crippen LogP contribution >= 0.6 is 0 Å². The molecule has 1 N–H and O–H groups in total. The number of aliphatic hydroxyl groups is 1. The summed E-state index contributed by atoms with van der Waals surface area (Å²) in [6.07, 6.45) is 0.968. The van der Waals surface area contributed by atoms with Gasteiger partial charge in [0.25, 0.3) is 0 Å². The van der Waals surface area contributed by atoms with Crippen molar-refractivity contribution in [3.63, 3.8) is 0 Å². The number of halogens is 1. The van der Waals surface area contributed by atoms with E-state index >= 15 is 0 Å². The van der Waals surface area contributed by atoms with E-state index in [9.17, 15) is 14.5 Å². The Morgan fingerprint density at radius 2 is 2.21 bits per heavy atom. The molecule has 0 fully saturated rings. The molecule has 0 saturated heterocycles. The fourth-order valence-corrected chi connectivity index (χ4v) is 2.01. The highest BCUT2D eigenvalue weighted by Crippen LogP contribution is 2.33. The van der Waals surface area contributed by atoms with Gasteiger partial charge in [0.2, 0.25) is 5.88 Å². The third-order valence-electron chi connectivity index (χ3n) is 3.27. The maximum absolute atomic E-state index is 13.5. The molecule has 0 radical (unpaired) electrons. The summed E-state index contributed by atoms with van der Waals surface area (Å²) in [6.45, 7) is 3.09. The van der Waals surface area contributed by atoms with Gasteiger partial charge in [0.05, 0.1) is 24.8 Å². The number of nitrogens with zero attached hydrogens (tertiary/aromatic N) is 4. The Labute approximate surface area is 136 Å². The van der Waals surface area contributed by atoms with Gasteiger partial charge in [-0.1, -0.05) is 6.92 Å². The topological polar surface area (TPSA) is 113 Å². The van der Waals surface area contributed by atoms with Gasteiger partial charge in [0.15, 0.2) is 0 Å². The number of aromatic nitrogens is 3. The zero-order chi connectivity index (χ0) is 17.9. The summed E-state index contributed by atoms with van der Waals surface area (Å²) < 4.78 is 25.1. The second-order valence-electron chi connectivity index (χ2n) is 5.19. The smallest absolute Gasteiger partial charge is 0.353 e. The van der Waals surface area contributed by atoms with Crippen molar-refractivity contribution in [2.45, 2.75) is 13.8 Å². The fraction of sp³-hybridized carbons (Fsp3) is 0.429. The molecule has 0 bridgehead atoms. The molecule has 0 amide bonds. The maximum Gasteiger partial charge on any atom is 0.353 e. The van der Waals surface area contributed by atoms with Crippen molar-refractivity contribution in [3.8, 4) is 17.4 Å². The van der Waals surface area contributed by atoms with Crippen LogP contribution in [0.15, 0.2) is 12.3 Å². The minimum Gasteiger partial charge on any atom is -0.479 e. The van der Waals surface area contributed by atoms with E-state index in [0.29, 0.717) is 0 Å². The van der Waals surface area contributed by atoms with Crippen molar-refractivity contribution in [3.05, 3.63) is 33.9 Å². The van der Waals surface area contributed by atoms with Crippen molar-refractivity contribution in [1.29, 1.82) is 0 Å². The molecule has 2 rings (SSSR count). The first-order chi connectivity index (χ1) is 11.4. The molecule has 0 spiro atoms. The molecule has 0 aliphatic carbocycles. The molecule has 1 atom stereocenters. The lowest BCUT2D eigenvalue weighted by atomic mass is 10.2. The number of aliphatic hydroxyl groups excluding tert-OH is 1. The molecule has 0 aromatic carbocycles. The zero-order valence-electron chi connectivity index (χ0n) is 13.4. The van der Waals surface area contributed by atoms with Gasteiger partial charge in [-0.05, 0) is 6.92 Å². The van der Waals surface area contributed by atoms with Crippen LogP contribution in [0.5, 0.6) is 11.8 Å². The van der Waals surface area contributed by atoms with Gasteiger partial charge in [-0.3, -0.25) is 10.1 Å². The van der Waals surface area contributed by atoms with Crippen molar-refractivity contribution in [1.82, 2.24) is 14.8 Å². The second kappa shape index (κ2) is 7.21. The summed E-state index contributed by atoms with van der Waals surface area (Å²) in [5, 5.41) is 24.4. The molecule has 9 nitrogen and oxygen atoms in total. The Hall–Kier alpha value is -2.75. The Bertz CT molecular complexity index is 749. The van der Waals surface area contributed by atoms with Crippen LogP contribution in [0.1, 0.15) is 12.6 Å². The number of rotatable bonds is 7. The first-order valence-corrected chi connectivity index (χ1v) is 7.06. The highest BCUT2D eigenvalue weighted by molar-refractivity contribution is 5.52. The minimum absolute atomic E-state index is 0.0479. The van der Waals surface area contributed by atoms with Crippen LogP contribution in [0.4, 0.5) is 10.1 Å². The molecular weight excluding hydrogens is 323 g/mol. The quantitative estimate of drug-likeness (QED) is 0.602. The Balaban J connectivity index is 2.52.